The molecule has 0 saturated heterocycles. The molecule has 0 amide bonds. The fourth-order valence-electron chi connectivity index (χ4n) is 10.1. The third-order valence-electron chi connectivity index (χ3n) is 13.0. The van der Waals surface area contributed by atoms with Crippen LogP contribution >= 0.6 is 0 Å². The summed E-state index contributed by atoms with van der Waals surface area (Å²) in [7, 11) is 0. The zero-order chi connectivity index (χ0) is 43.4. The summed E-state index contributed by atoms with van der Waals surface area (Å²) >= 11 is 0. The van der Waals surface area contributed by atoms with Gasteiger partial charge in [-0.05, 0) is 119 Å². The highest BCUT2D eigenvalue weighted by Gasteiger charge is 2.25. The smallest absolute Gasteiger partial charge is 0.143 e. The van der Waals surface area contributed by atoms with E-state index >= 15 is 0 Å². The number of hydrogen-bond donors (Lipinski definition) is 0. The van der Waals surface area contributed by atoms with Gasteiger partial charge in [0, 0.05) is 49.7 Å². The summed E-state index contributed by atoms with van der Waals surface area (Å²) < 4.78 is 9.37. The van der Waals surface area contributed by atoms with Gasteiger partial charge >= 0.3 is 0 Å². The molecule has 12 aromatic rings. The molecule has 2 heterocycles. The van der Waals surface area contributed by atoms with Crippen molar-refractivity contribution in [3.8, 4) is 50.2 Å². The summed E-state index contributed by atoms with van der Waals surface area (Å²) in [4.78, 5) is 2.46. The van der Waals surface area contributed by atoms with Gasteiger partial charge in [-0.15, -0.1) is 0 Å². The highest BCUT2D eigenvalue weighted by molar-refractivity contribution is 6.14. The van der Waals surface area contributed by atoms with Crippen LogP contribution in [0.15, 0.2) is 235 Å². The van der Waals surface area contributed by atoms with Crippen molar-refractivity contribution in [3.63, 3.8) is 0 Å². The molecule has 2 aromatic heterocycles. The van der Waals surface area contributed by atoms with Crippen molar-refractivity contribution >= 4 is 60.8 Å². The summed E-state index contributed by atoms with van der Waals surface area (Å²) in [6.07, 6.45) is 0. The van der Waals surface area contributed by atoms with Crippen LogP contribution in [0.3, 0.4) is 0 Å². The van der Waals surface area contributed by atoms with E-state index in [-0.39, 0.29) is 0 Å². The molecule has 0 atom stereocenters. The Kier molecular flexibility index (Phi) is 9.28. The Balaban J connectivity index is 1.16. The number of rotatable bonds is 8. The quantitative estimate of drug-likeness (QED) is 0.152. The Morgan fingerprint density at radius 2 is 0.923 bits per heavy atom. The first-order chi connectivity index (χ1) is 32.1. The van der Waals surface area contributed by atoms with E-state index in [1.165, 1.54) is 55.3 Å². The topological polar surface area (TPSA) is 21.3 Å². The lowest BCUT2D eigenvalue weighted by molar-refractivity contribution is 0.670. The third kappa shape index (κ3) is 6.51. The molecule has 12 rings (SSSR count). The fourth-order valence-corrected chi connectivity index (χ4v) is 10.1. The van der Waals surface area contributed by atoms with Gasteiger partial charge in [-0.3, -0.25) is 0 Å². The van der Waals surface area contributed by atoms with Crippen LogP contribution in [0.2, 0.25) is 0 Å². The van der Waals surface area contributed by atoms with Gasteiger partial charge in [-0.2, -0.15) is 0 Å². The number of aryl methyl sites for hydroxylation is 2. The maximum Gasteiger partial charge on any atom is 0.143 e. The number of para-hydroxylation sites is 4. The van der Waals surface area contributed by atoms with Gasteiger partial charge in [0.15, 0.2) is 0 Å². The van der Waals surface area contributed by atoms with Gasteiger partial charge in [-0.1, -0.05) is 170 Å². The molecular weight excluding hydrogens is 789 g/mol. The SMILES string of the molecule is Cc1cc(-c2ccccc2)ccc1N(c1cc(C)c(-c2ccccc2)c(-c2ccccc2)c1)c1cc(-c2ccccc2-n2c3ccccc3c3ccccc32)c2oc3ccccc3c2c1. The molecule has 0 aliphatic carbocycles. The summed E-state index contributed by atoms with van der Waals surface area (Å²) in [6.45, 7) is 4.49. The Bertz CT molecular complexity index is 3680. The molecule has 3 heteroatoms. The average molecular weight is 833 g/mol. The molecule has 0 unspecified atom stereocenters. The number of nitrogens with zero attached hydrogens (tertiary/aromatic N) is 2. The van der Waals surface area contributed by atoms with Crippen LogP contribution in [-0.2, 0) is 0 Å². The van der Waals surface area contributed by atoms with E-state index in [2.05, 4.69) is 254 Å². The molecule has 0 saturated carbocycles. The van der Waals surface area contributed by atoms with Gasteiger partial charge in [0.1, 0.15) is 11.2 Å². The number of aromatic nitrogens is 1. The molecule has 0 N–H and O–H groups in total. The van der Waals surface area contributed by atoms with Gasteiger partial charge in [-0.25, -0.2) is 0 Å². The Morgan fingerprint density at radius 1 is 0.369 bits per heavy atom. The van der Waals surface area contributed by atoms with Crippen LogP contribution in [0, 0.1) is 13.8 Å². The highest BCUT2D eigenvalue weighted by Crippen LogP contribution is 2.48. The third-order valence-corrected chi connectivity index (χ3v) is 13.0. The van der Waals surface area contributed by atoms with Gasteiger partial charge in [0.05, 0.1) is 16.7 Å². The second kappa shape index (κ2) is 15.7. The standard InChI is InChI=1S/C62H44N2O/c1-41-36-46(43-20-6-3-7-21-43)34-35-56(41)63(47-37-42(2)61(45-24-10-5-11-25-45)53(38-47)44-22-8-4-9-23-44)48-39-54(62-55(40-48)52-29-15-19-33-60(52)65-62)51-28-14-18-32-59(51)64-57-30-16-12-26-49(57)50-27-13-17-31-58(50)64/h3-40H,1-2H3. The predicted molar refractivity (Wildman–Crippen MR) is 274 cm³/mol. The zero-order valence-electron chi connectivity index (χ0n) is 36.2. The van der Waals surface area contributed by atoms with E-state index < -0.39 is 0 Å². The minimum Gasteiger partial charge on any atom is -0.455 e. The number of fused-ring (bicyclic) bond motifs is 6. The van der Waals surface area contributed by atoms with Crippen LogP contribution in [0.1, 0.15) is 11.1 Å². The van der Waals surface area contributed by atoms with E-state index in [1.54, 1.807) is 0 Å². The van der Waals surface area contributed by atoms with E-state index in [9.17, 15) is 0 Å². The second-order valence-corrected chi connectivity index (χ2v) is 17.0. The summed E-state index contributed by atoms with van der Waals surface area (Å²) in [6, 6.07) is 83.3. The van der Waals surface area contributed by atoms with Gasteiger partial charge in [0.2, 0.25) is 0 Å². The molecule has 0 aliphatic rings. The molecule has 0 fully saturated rings. The monoisotopic (exact) mass is 832 g/mol. The fraction of sp³-hybridized carbons (Fsp3) is 0.0323. The number of hydrogen-bond acceptors (Lipinski definition) is 2. The largest absolute Gasteiger partial charge is 0.455 e. The Morgan fingerprint density at radius 3 is 1.62 bits per heavy atom. The average Bonchev–Trinajstić information content (AvgIpc) is 3.91. The summed E-state index contributed by atoms with van der Waals surface area (Å²) in [5.41, 5.74) is 20.0. The van der Waals surface area contributed by atoms with Crippen LogP contribution < -0.4 is 4.90 Å². The lowest BCUT2D eigenvalue weighted by Gasteiger charge is -2.30. The Hall–Kier alpha value is -8.40. The molecule has 0 radical (unpaired) electrons. The van der Waals surface area contributed by atoms with Crippen molar-refractivity contribution in [1.82, 2.24) is 4.57 Å². The van der Waals surface area contributed by atoms with Crippen LogP contribution in [0.25, 0.3) is 93.9 Å². The molecular formula is C62H44N2O. The number of benzene rings is 10. The molecule has 10 aromatic carbocycles. The van der Waals surface area contributed by atoms with E-state index in [0.717, 1.165) is 66.8 Å². The minimum atomic E-state index is 0.861. The minimum absolute atomic E-state index is 0.861. The molecule has 65 heavy (non-hydrogen) atoms. The van der Waals surface area contributed by atoms with Crippen molar-refractivity contribution in [2.24, 2.45) is 0 Å². The van der Waals surface area contributed by atoms with E-state index in [0.29, 0.717) is 0 Å². The van der Waals surface area contributed by atoms with Gasteiger partial charge < -0.3 is 13.9 Å². The maximum atomic E-state index is 6.95. The van der Waals surface area contributed by atoms with Crippen molar-refractivity contribution in [3.05, 3.63) is 242 Å². The first-order valence-electron chi connectivity index (χ1n) is 22.3. The number of furan rings is 1. The maximum absolute atomic E-state index is 6.95. The van der Waals surface area contributed by atoms with E-state index in [1.807, 2.05) is 0 Å². The Labute approximate surface area is 378 Å². The predicted octanol–water partition coefficient (Wildman–Crippen LogP) is 17.4. The molecule has 0 aliphatic heterocycles. The molecule has 308 valence electrons. The number of anilines is 3. The van der Waals surface area contributed by atoms with Crippen LogP contribution in [-0.4, -0.2) is 4.57 Å². The second-order valence-electron chi connectivity index (χ2n) is 17.0. The zero-order valence-corrected chi connectivity index (χ0v) is 36.2. The first kappa shape index (κ1) is 38.3. The van der Waals surface area contributed by atoms with Gasteiger partial charge in [0.25, 0.3) is 0 Å². The van der Waals surface area contributed by atoms with Crippen molar-refractivity contribution in [2.75, 3.05) is 4.90 Å². The summed E-state index contributed by atoms with van der Waals surface area (Å²) in [5, 5.41) is 4.60. The van der Waals surface area contributed by atoms with Crippen molar-refractivity contribution in [2.45, 2.75) is 13.8 Å². The van der Waals surface area contributed by atoms with Crippen molar-refractivity contribution in [1.29, 1.82) is 0 Å². The molecule has 0 spiro atoms. The van der Waals surface area contributed by atoms with Crippen LogP contribution in [0.4, 0.5) is 17.1 Å². The van der Waals surface area contributed by atoms with Crippen molar-refractivity contribution < 1.29 is 4.42 Å². The normalized spacial score (nSPS) is 11.5. The highest BCUT2D eigenvalue weighted by atomic mass is 16.3. The lowest BCUT2D eigenvalue weighted by atomic mass is 9.89. The van der Waals surface area contributed by atoms with E-state index in [4.69, 9.17) is 4.42 Å². The first-order valence-corrected chi connectivity index (χ1v) is 22.3. The summed E-state index contributed by atoms with van der Waals surface area (Å²) in [5.74, 6) is 0. The lowest BCUT2D eigenvalue weighted by Crippen LogP contribution is -2.12. The van der Waals surface area contributed by atoms with Crippen LogP contribution in [0.5, 0.6) is 0 Å². The molecule has 3 nitrogen and oxygen atoms in total. The molecule has 0 bridgehead atoms.